The van der Waals surface area contributed by atoms with E-state index < -0.39 is 0 Å². The zero-order valence-corrected chi connectivity index (χ0v) is 17.8. The molecule has 0 radical (unpaired) electrons. The molecule has 0 saturated carbocycles. The van der Waals surface area contributed by atoms with Crippen molar-refractivity contribution in [2.75, 3.05) is 20.1 Å². The average Bonchev–Trinajstić information content (AvgIpc) is 3.18. The van der Waals surface area contributed by atoms with Gasteiger partial charge < -0.3 is 14.8 Å². The molecule has 0 saturated heterocycles. The van der Waals surface area contributed by atoms with Gasteiger partial charge in [-0.25, -0.2) is 0 Å². The number of hydrogen-bond donors (Lipinski definition) is 1. The summed E-state index contributed by atoms with van der Waals surface area (Å²) in [4.78, 5) is 8.25. The van der Waals surface area contributed by atoms with Crippen molar-refractivity contribution in [3.63, 3.8) is 0 Å². The zero-order valence-electron chi connectivity index (χ0n) is 15.4. The molecular weight excluding hydrogens is 400 g/mol. The third kappa shape index (κ3) is 6.43. The number of aromatic nitrogens is 3. The van der Waals surface area contributed by atoms with Crippen LogP contribution >= 0.6 is 27.3 Å². The molecule has 2 heterocycles. The average molecular weight is 427 g/mol. The Balaban J connectivity index is 1.96. The van der Waals surface area contributed by atoms with E-state index in [9.17, 15) is 0 Å². The lowest BCUT2D eigenvalue weighted by molar-refractivity contribution is 0.471. The monoisotopic (exact) mass is 426 g/mol. The first-order chi connectivity index (χ1) is 12.0. The van der Waals surface area contributed by atoms with Crippen LogP contribution in [0.3, 0.4) is 0 Å². The first-order valence-corrected chi connectivity index (χ1v) is 10.2. The van der Waals surface area contributed by atoms with Crippen LogP contribution in [0.15, 0.2) is 27.2 Å². The number of aliphatic imine (C=N–C) groups is 1. The standard InChI is InChI=1S/C17H27BrN6S/c1-5-16-22-21-12-24(16)9-8-19-17(20-10-13(2)3)23(4)11-14-6-7-15(18)25-14/h6-7,12-13H,5,8-11H2,1-4H3,(H,19,20). The van der Waals surface area contributed by atoms with Crippen LogP contribution in [0.4, 0.5) is 0 Å². The molecule has 0 atom stereocenters. The summed E-state index contributed by atoms with van der Waals surface area (Å²) < 4.78 is 3.24. The number of halogens is 1. The first kappa shape index (κ1) is 19.9. The second-order valence-corrected chi connectivity index (χ2v) is 8.89. The Bertz CT molecular complexity index is 678. The zero-order chi connectivity index (χ0) is 18.2. The number of nitrogens with one attached hydrogen (secondary N) is 1. The molecule has 2 aromatic rings. The van der Waals surface area contributed by atoms with Crippen LogP contribution in [-0.4, -0.2) is 45.8 Å². The molecule has 0 aliphatic heterocycles. The van der Waals surface area contributed by atoms with Crippen LogP contribution in [0.5, 0.6) is 0 Å². The molecule has 0 aliphatic carbocycles. The van der Waals surface area contributed by atoms with Crippen molar-refractivity contribution in [1.82, 2.24) is 25.0 Å². The highest BCUT2D eigenvalue weighted by Gasteiger charge is 2.10. The lowest BCUT2D eigenvalue weighted by atomic mass is 10.2. The molecule has 138 valence electrons. The maximum atomic E-state index is 4.77. The van der Waals surface area contributed by atoms with Gasteiger partial charge in [0.1, 0.15) is 12.2 Å². The van der Waals surface area contributed by atoms with E-state index in [1.807, 2.05) is 0 Å². The van der Waals surface area contributed by atoms with Crippen molar-refractivity contribution in [2.24, 2.45) is 10.9 Å². The lowest BCUT2D eigenvalue weighted by Crippen LogP contribution is -2.40. The van der Waals surface area contributed by atoms with Gasteiger partial charge in [0.15, 0.2) is 5.96 Å². The summed E-state index contributed by atoms with van der Waals surface area (Å²) in [5.41, 5.74) is 0. The van der Waals surface area contributed by atoms with E-state index in [1.165, 1.54) is 4.88 Å². The molecule has 0 aliphatic rings. The molecule has 0 amide bonds. The van der Waals surface area contributed by atoms with Gasteiger partial charge in [0.2, 0.25) is 0 Å². The van der Waals surface area contributed by atoms with Gasteiger partial charge in [0.05, 0.1) is 10.3 Å². The van der Waals surface area contributed by atoms with E-state index in [2.05, 4.69) is 80.9 Å². The highest BCUT2D eigenvalue weighted by atomic mass is 79.9. The van der Waals surface area contributed by atoms with Crippen LogP contribution < -0.4 is 5.32 Å². The molecule has 6 nitrogen and oxygen atoms in total. The van der Waals surface area contributed by atoms with Crippen LogP contribution in [0.2, 0.25) is 0 Å². The Morgan fingerprint density at radius 2 is 2.24 bits per heavy atom. The first-order valence-electron chi connectivity index (χ1n) is 8.60. The van der Waals surface area contributed by atoms with E-state index in [0.29, 0.717) is 5.92 Å². The van der Waals surface area contributed by atoms with E-state index in [4.69, 9.17) is 4.99 Å². The number of rotatable bonds is 8. The molecule has 2 rings (SSSR count). The van der Waals surface area contributed by atoms with E-state index in [0.717, 1.165) is 48.2 Å². The highest BCUT2D eigenvalue weighted by molar-refractivity contribution is 9.11. The third-order valence-corrected chi connectivity index (χ3v) is 5.25. The normalized spacial score (nSPS) is 12.0. The molecular formula is C17H27BrN6S. The Morgan fingerprint density at radius 3 is 2.88 bits per heavy atom. The number of thiophene rings is 1. The lowest BCUT2D eigenvalue weighted by Gasteiger charge is -2.22. The maximum absolute atomic E-state index is 4.77. The van der Waals surface area contributed by atoms with E-state index in [-0.39, 0.29) is 0 Å². The van der Waals surface area contributed by atoms with Crippen LogP contribution in [0.25, 0.3) is 0 Å². The van der Waals surface area contributed by atoms with Crippen molar-refractivity contribution in [3.05, 3.63) is 32.9 Å². The highest BCUT2D eigenvalue weighted by Crippen LogP contribution is 2.23. The van der Waals surface area contributed by atoms with Crippen molar-refractivity contribution in [1.29, 1.82) is 0 Å². The predicted octanol–water partition coefficient (Wildman–Crippen LogP) is 3.40. The second kappa shape index (κ2) is 9.91. The minimum atomic E-state index is 0.533. The molecule has 0 spiro atoms. The fourth-order valence-corrected chi connectivity index (χ4v) is 3.89. The summed E-state index contributed by atoms with van der Waals surface area (Å²) in [6.07, 6.45) is 2.68. The Labute approximate surface area is 162 Å². The van der Waals surface area contributed by atoms with Crippen LogP contribution in [0.1, 0.15) is 31.5 Å². The minimum Gasteiger partial charge on any atom is -0.354 e. The van der Waals surface area contributed by atoms with Crippen molar-refractivity contribution < 1.29 is 0 Å². The molecule has 2 aromatic heterocycles. The van der Waals surface area contributed by atoms with Crippen molar-refractivity contribution in [3.8, 4) is 0 Å². The summed E-state index contributed by atoms with van der Waals surface area (Å²) in [7, 11) is 2.08. The van der Waals surface area contributed by atoms with Crippen LogP contribution in [0, 0.1) is 5.92 Å². The third-order valence-electron chi connectivity index (χ3n) is 3.64. The molecule has 0 aromatic carbocycles. The topological polar surface area (TPSA) is 58.3 Å². The smallest absolute Gasteiger partial charge is 0.194 e. The van der Waals surface area contributed by atoms with Gasteiger partial charge in [-0.2, -0.15) is 0 Å². The number of hydrogen-bond acceptors (Lipinski definition) is 4. The number of aryl methyl sites for hydroxylation is 1. The molecule has 0 fully saturated rings. The van der Waals surface area contributed by atoms with Crippen molar-refractivity contribution >= 4 is 33.2 Å². The summed E-state index contributed by atoms with van der Waals surface area (Å²) in [6, 6.07) is 4.24. The quantitative estimate of drug-likeness (QED) is 0.518. The molecule has 0 unspecified atom stereocenters. The fraction of sp³-hybridized carbons (Fsp3) is 0.588. The predicted molar refractivity (Wildman–Crippen MR) is 108 cm³/mol. The minimum absolute atomic E-state index is 0.533. The summed E-state index contributed by atoms with van der Waals surface area (Å²) in [6.45, 7) is 9.73. The van der Waals surface area contributed by atoms with E-state index in [1.54, 1.807) is 17.7 Å². The molecule has 0 bridgehead atoms. The molecule has 25 heavy (non-hydrogen) atoms. The SMILES string of the molecule is CCc1nncn1CCNC(=NCC(C)C)N(C)Cc1ccc(Br)s1. The Morgan fingerprint density at radius 1 is 1.44 bits per heavy atom. The summed E-state index contributed by atoms with van der Waals surface area (Å²) >= 11 is 5.28. The van der Waals surface area contributed by atoms with Gasteiger partial charge in [-0.3, -0.25) is 4.99 Å². The largest absolute Gasteiger partial charge is 0.354 e. The van der Waals surface area contributed by atoms with Gasteiger partial charge in [-0.05, 0) is 34.0 Å². The van der Waals surface area contributed by atoms with E-state index >= 15 is 0 Å². The summed E-state index contributed by atoms with van der Waals surface area (Å²) in [5, 5.41) is 11.6. The molecule has 1 N–H and O–H groups in total. The summed E-state index contributed by atoms with van der Waals surface area (Å²) in [5.74, 6) is 2.48. The molecule has 8 heteroatoms. The maximum Gasteiger partial charge on any atom is 0.194 e. The fourth-order valence-electron chi connectivity index (χ4n) is 2.35. The number of guanidine groups is 1. The van der Waals surface area contributed by atoms with Gasteiger partial charge in [0.25, 0.3) is 0 Å². The van der Waals surface area contributed by atoms with Crippen molar-refractivity contribution in [2.45, 2.75) is 40.3 Å². The second-order valence-electron chi connectivity index (χ2n) is 6.34. The Hall–Kier alpha value is -1.41. The van der Waals surface area contributed by atoms with Gasteiger partial charge >= 0.3 is 0 Å². The number of nitrogens with zero attached hydrogens (tertiary/aromatic N) is 5. The van der Waals surface area contributed by atoms with Gasteiger partial charge in [-0.15, -0.1) is 21.5 Å². The van der Waals surface area contributed by atoms with Gasteiger partial charge in [0, 0.05) is 38.0 Å². The van der Waals surface area contributed by atoms with Crippen LogP contribution in [-0.2, 0) is 19.5 Å². The van der Waals surface area contributed by atoms with Gasteiger partial charge in [-0.1, -0.05) is 20.8 Å². The Kier molecular flexibility index (Phi) is 7.90.